The molecule has 3 aliphatic rings. The Morgan fingerprint density at radius 3 is 1.19 bits per heavy atom. The molecule has 10 bridgehead atoms. The summed E-state index contributed by atoms with van der Waals surface area (Å²) in [5.74, 6) is 0.0144. The number of aromatic hydroxyl groups is 2. The van der Waals surface area contributed by atoms with Crippen LogP contribution in [0.5, 0.6) is 23.0 Å². The molecule has 2 fully saturated rings. The molecule has 3 aliphatic carbocycles. The van der Waals surface area contributed by atoms with Gasteiger partial charge in [0.1, 0.15) is 23.0 Å². The number of phenols is 2. The van der Waals surface area contributed by atoms with E-state index in [1.807, 2.05) is 50.2 Å². The molecule has 7 nitrogen and oxygen atoms in total. The van der Waals surface area contributed by atoms with E-state index in [0.29, 0.717) is 63.1 Å². The maximum atomic E-state index is 14.9. The van der Waals surface area contributed by atoms with E-state index in [4.69, 9.17) is 8.92 Å². The van der Waals surface area contributed by atoms with Crippen LogP contribution in [0.3, 0.4) is 0 Å². The maximum absolute atomic E-state index is 14.9. The van der Waals surface area contributed by atoms with Crippen molar-refractivity contribution in [3.05, 3.63) is 70.8 Å². The molecule has 0 spiro atoms. The molecule has 0 aliphatic heterocycles. The first-order valence-corrected chi connectivity index (χ1v) is 22.6. The SMILES string of the molecule is COc1c2cc(C(C)(C)C)cc1-c1cc(C(C)(C)C)cc(c1O)-c1cc(C(C)(C)C)cc(c1OS(=O)(=O)C[C@]13CC[C@H](CC1=O)C3(C)C)-c1cc(C(C)(C)C)cc-2c1O. The second-order valence-corrected chi connectivity index (χ2v) is 23.9. The first kappa shape index (κ1) is 42.8. The van der Waals surface area contributed by atoms with Gasteiger partial charge in [-0.25, -0.2) is 0 Å². The molecular weight excluding hydrogens is 757 g/mol. The molecule has 7 rings (SSSR count). The molecule has 0 heterocycles. The molecule has 4 aromatic carbocycles. The largest absolute Gasteiger partial charge is 0.507 e. The monoisotopic (exact) mass is 820 g/mol. The van der Waals surface area contributed by atoms with Crippen LogP contribution in [0.4, 0.5) is 0 Å². The lowest BCUT2D eigenvalue weighted by molar-refractivity contribution is -0.128. The van der Waals surface area contributed by atoms with E-state index < -0.39 is 42.9 Å². The number of rotatable bonds is 5. The molecule has 0 radical (unpaired) electrons. The van der Waals surface area contributed by atoms with E-state index in [1.165, 1.54) is 0 Å². The first-order valence-electron chi connectivity index (χ1n) is 21.0. The number of phenolic OH excluding ortho intramolecular Hbond substituents is 2. The number of methoxy groups -OCH3 is 1. The van der Waals surface area contributed by atoms with Crippen LogP contribution >= 0.6 is 0 Å². The average Bonchev–Trinajstić information content (AvgIpc) is 3.43. The van der Waals surface area contributed by atoms with E-state index in [0.717, 1.165) is 28.7 Å². The highest BCUT2D eigenvalue weighted by atomic mass is 32.2. The zero-order valence-electron chi connectivity index (χ0n) is 37.9. The van der Waals surface area contributed by atoms with Crippen LogP contribution in [0.1, 0.15) is 138 Å². The van der Waals surface area contributed by atoms with Crippen molar-refractivity contribution in [3.8, 4) is 67.5 Å². The summed E-state index contributed by atoms with van der Waals surface area (Å²) in [7, 11) is -2.86. The van der Waals surface area contributed by atoms with Gasteiger partial charge >= 0.3 is 10.1 Å². The molecule has 0 amide bonds. The fourth-order valence-corrected chi connectivity index (χ4v) is 11.5. The van der Waals surface area contributed by atoms with Crippen molar-refractivity contribution >= 4 is 15.9 Å². The lowest BCUT2D eigenvalue weighted by Crippen LogP contribution is -2.43. The summed E-state index contributed by atoms with van der Waals surface area (Å²) < 4.78 is 42.6. The highest BCUT2D eigenvalue weighted by molar-refractivity contribution is 7.87. The molecule has 2 N–H and O–H groups in total. The third kappa shape index (κ3) is 6.95. The van der Waals surface area contributed by atoms with Crippen LogP contribution in [0.2, 0.25) is 0 Å². The Morgan fingerprint density at radius 2 is 0.915 bits per heavy atom. The Hall–Kier alpha value is -4.30. The number of fused-ring (bicyclic) bond motifs is 14. The van der Waals surface area contributed by atoms with Crippen molar-refractivity contribution in [1.29, 1.82) is 0 Å². The number of Topliss-reactive ketones (excluding diaryl/α,β-unsaturated/α-hetero) is 1. The minimum absolute atomic E-state index is 0.00148. The summed E-state index contributed by atoms with van der Waals surface area (Å²) in [5, 5.41) is 25.6. The molecule has 0 aromatic heterocycles. The molecular formula is C51H64O7S. The van der Waals surface area contributed by atoms with Crippen LogP contribution in [0, 0.1) is 16.7 Å². The molecule has 0 unspecified atom stereocenters. The van der Waals surface area contributed by atoms with E-state index in [-0.39, 0.29) is 34.4 Å². The van der Waals surface area contributed by atoms with Crippen molar-refractivity contribution < 1.29 is 32.3 Å². The zero-order valence-corrected chi connectivity index (χ0v) is 38.7. The molecule has 0 saturated heterocycles. The summed E-state index contributed by atoms with van der Waals surface area (Å²) in [6.45, 7) is 29.3. The quantitative estimate of drug-likeness (QED) is 0.170. The second kappa shape index (κ2) is 13.3. The topological polar surface area (TPSA) is 110 Å². The van der Waals surface area contributed by atoms with Gasteiger partial charge in [0.15, 0.2) is 5.75 Å². The predicted octanol–water partition coefficient (Wildman–Crippen LogP) is 12.4. The Labute approximate surface area is 352 Å². The van der Waals surface area contributed by atoms with Crippen molar-refractivity contribution in [1.82, 2.24) is 0 Å². The lowest BCUT2D eigenvalue weighted by Gasteiger charge is -2.36. The number of hydrogen-bond acceptors (Lipinski definition) is 7. The number of carbonyl (C=O) groups is 1. The van der Waals surface area contributed by atoms with Gasteiger partial charge in [-0.1, -0.05) is 96.9 Å². The molecule has 2 saturated carbocycles. The van der Waals surface area contributed by atoms with Gasteiger partial charge in [-0.15, -0.1) is 0 Å². The smallest absolute Gasteiger partial charge is 0.310 e. The van der Waals surface area contributed by atoms with Gasteiger partial charge in [0, 0.05) is 50.9 Å². The van der Waals surface area contributed by atoms with Crippen molar-refractivity contribution in [2.24, 2.45) is 16.7 Å². The van der Waals surface area contributed by atoms with Gasteiger partial charge in [0.25, 0.3) is 0 Å². The number of ketones is 1. The number of hydrogen-bond donors (Lipinski definition) is 2. The van der Waals surface area contributed by atoms with Crippen LogP contribution in [0.25, 0.3) is 44.5 Å². The third-order valence-corrected chi connectivity index (χ3v) is 15.3. The Balaban J connectivity index is 1.69. The van der Waals surface area contributed by atoms with E-state index in [2.05, 4.69) is 95.2 Å². The highest BCUT2D eigenvalue weighted by Crippen LogP contribution is 2.65. The maximum Gasteiger partial charge on any atom is 0.310 e. The summed E-state index contributed by atoms with van der Waals surface area (Å²) in [5.41, 5.74) is 4.28. The van der Waals surface area contributed by atoms with Gasteiger partial charge < -0.3 is 19.1 Å². The minimum atomic E-state index is -4.48. The summed E-state index contributed by atoms with van der Waals surface area (Å²) in [6, 6.07) is 15.8. The first-order chi connectivity index (χ1) is 26.9. The number of ether oxygens (including phenoxy) is 1. The van der Waals surface area contributed by atoms with Crippen molar-refractivity contribution in [2.45, 2.75) is 138 Å². The fraction of sp³-hybridized carbons (Fsp3) is 0.510. The molecule has 59 heavy (non-hydrogen) atoms. The third-order valence-electron chi connectivity index (χ3n) is 14.0. The summed E-state index contributed by atoms with van der Waals surface area (Å²) in [4.78, 5) is 13.7. The van der Waals surface area contributed by atoms with Crippen LogP contribution in [-0.4, -0.2) is 37.3 Å². The number of carbonyl (C=O) groups excluding carboxylic acids is 1. The molecule has 2 atom stereocenters. The predicted molar refractivity (Wildman–Crippen MR) is 239 cm³/mol. The van der Waals surface area contributed by atoms with Gasteiger partial charge in [0.2, 0.25) is 0 Å². The Bertz CT molecular complexity index is 2420. The second-order valence-electron chi connectivity index (χ2n) is 22.3. The minimum Gasteiger partial charge on any atom is -0.507 e. The van der Waals surface area contributed by atoms with Crippen molar-refractivity contribution in [2.75, 3.05) is 12.9 Å². The van der Waals surface area contributed by atoms with Crippen molar-refractivity contribution in [3.63, 3.8) is 0 Å². The van der Waals surface area contributed by atoms with E-state index >= 15 is 0 Å². The van der Waals surface area contributed by atoms with Crippen LogP contribution in [-0.2, 0) is 36.6 Å². The van der Waals surface area contributed by atoms with Gasteiger partial charge in [-0.2, -0.15) is 8.42 Å². The fourth-order valence-electron chi connectivity index (χ4n) is 9.76. The zero-order chi connectivity index (χ0) is 43.8. The normalized spacial score (nSPS) is 20.0. The van der Waals surface area contributed by atoms with E-state index in [1.54, 1.807) is 7.11 Å². The van der Waals surface area contributed by atoms with Crippen LogP contribution < -0.4 is 8.92 Å². The van der Waals surface area contributed by atoms with Crippen LogP contribution in [0.15, 0.2) is 48.5 Å². The molecule has 4 aromatic rings. The van der Waals surface area contributed by atoms with Gasteiger partial charge in [-0.3, -0.25) is 4.79 Å². The average molecular weight is 821 g/mol. The number of benzene rings is 4. The van der Waals surface area contributed by atoms with Gasteiger partial charge in [-0.05, 0) is 117 Å². The molecule has 8 heteroatoms. The highest BCUT2D eigenvalue weighted by Gasteiger charge is 2.65. The Morgan fingerprint density at radius 1 is 0.593 bits per heavy atom. The van der Waals surface area contributed by atoms with E-state index in [9.17, 15) is 23.4 Å². The lowest BCUT2D eigenvalue weighted by atomic mass is 9.70. The summed E-state index contributed by atoms with van der Waals surface area (Å²) >= 11 is 0. The standard InChI is InChI=1S/C51H64O7S/c1-46(2,3)29-18-33-37-22-31(48(7,8)9)23-38(44(37)57-15)34-19-30(47(4,5)6)21-36(43(34)54)40-25-32(49(10,11)12)24-39(35(20-29)42(33)53)45(40)58-59(55,56)27-51-17-16-28(26-41(51)52)50(51,13)14/h18-25,28,53-54H,16-17,26-27H2,1-15H3/t28-,51-/m1/s1. The van der Waals surface area contributed by atoms with Gasteiger partial charge in [0.05, 0.1) is 18.3 Å². The molecule has 316 valence electrons. The Kier molecular flexibility index (Phi) is 9.69. The summed E-state index contributed by atoms with van der Waals surface area (Å²) in [6.07, 6.45) is 1.64.